The average molecular weight is 380 g/mol. The van der Waals surface area contributed by atoms with Gasteiger partial charge in [0.15, 0.2) is 0 Å². The predicted molar refractivity (Wildman–Crippen MR) is 113 cm³/mol. The molecule has 2 aromatic heterocycles. The van der Waals surface area contributed by atoms with Crippen molar-refractivity contribution in [1.29, 1.82) is 0 Å². The van der Waals surface area contributed by atoms with Gasteiger partial charge in [0, 0.05) is 23.4 Å². The van der Waals surface area contributed by atoms with Crippen molar-refractivity contribution in [2.45, 2.75) is 44.7 Å². The highest BCUT2D eigenvalue weighted by atomic mass is 32.1. The van der Waals surface area contributed by atoms with Crippen molar-refractivity contribution in [1.82, 2.24) is 10.3 Å². The summed E-state index contributed by atoms with van der Waals surface area (Å²) in [5, 5.41) is 6.00. The molecule has 1 N–H and O–H groups in total. The van der Waals surface area contributed by atoms with Gasteiger partial charge in [-0.1, -0.05) is 43.5 Å². The molecular formula is C22H25N3OS. The molecule has 1 aromatic carbocycles. The molecule has 2 heterocycles. The third kappa shape index (κ3) is 3.98. The molecule has 5 heteroatoms. The number of aromatic nitrogens is 1. The molecule has 0 bridgehead atoms. The fourth-order valence-electron chi connectivity index (χ4n) is 3.86. The number of thiophene rings is 1. The minimum atomic E-state index is -0.0414. The number of fused-ring (bicyclic) bond motifs is 1. The number of rotatable bonds is 5. The Morgan fingerprint density at radius 3 is 2.78 bits per heavy atom. The van der Waals surface area contributed by atoms with Crippen LogP contribution in [-0.4, -0.2) is 24.0 Å². The smallest absolute Gasteiger partial charge is 0.252 e. The van der Waals surface area contributed by atoms with Gasteiger partial charge in [-0.2, -0.15) is 0 Å². The second-order valence-electron chi connectivity index (χ2n) is 7.21. The summed E-state index contributed by atoms with van der Waals surface area (Å²) in [6.45, 7) is 0.556. The van der Waals surface area contributed by atoms with E-state index in [1.807, 2.05) is 47.8 Å². The molecule has 1 fully saturated rings. The quantitative estimate of drug-likeness (QED) is 0.679. The molecule has 1 saturated carbocycles. The molecule has 0 atom stereocenters. The van der Waals surface area contributed by atoms with E-state index in [1.54, 1.807) is 11.3 Å². The number of para-hydroxylation sites is 1. The van der Waals surface area contributed by atoms with Crippen LogP contribution in [0.5, 0.6) is 0 Å². The maximum atomic E-state index is 13.0. The van der Waals surface area contributed by atoms with E-state index in [9.17, 15) is 4.79 Å². The summed E-state index contributed by atoms with van der Waals surface area (Å²) in [6, 6.07) is 14.4. The molecule has 3 aromatic rings. The highest BCUT2D eigenvalue weighted by Gasteiger charge is 2.21. The Labute approximate surface area is 164 Å². The Bertz CT molecular complexity index is 916. The van der Waals surface area contributed by atoms with Gasteiger partial charge in [-0.05, 0) is 36.4 Å². The zero-order chi connectivity index (χ0) is 18.6. The molecule has 140 valence electrons. The van der Waals surface area contributed by atoms with Crippen molar-refractivity contribution in [3.05, 3.63) is 58.3 Å². The molecule has 1 aliphatic carbocycles. The van der Waals surface area contributed by atoms with Gasteiger partial charge in [0.05, 0.1) is 17.6 Å². The monoisotopic (exact) mass is 379 g/mol. The fourth-order valence-corrected chi connectivity index (χ4v) is 4.51. The zero-order valence-corrected chi connectivity index (χ0v) is 16.5. The number of amides is 1. The van der Waals surface area contributed by atoms with Crippen LogP contribution in [0.4, 0.5) is 5.82 Å². The molecular weight excluding hydrogens is 354 g/mol. The lowest BCUT2D eigenvalue weighted by Crippen LogP contribution is -2.34. The van der Waals surface area contributed by atoms with E-state index in [4.69, 9.17) is 4.98 Å². The van der Waals surface area contributed by atoms with Gasteiger partial charge in [0.2, 0.25) is 0 Å². The highest BCUT2D eigenvalue weighted by Crippen LogP contribution is 2.28. The van der Waals surface area contributed by atoms with Crippen LogP contribution in [0.25, 0.3) is 10.9 Å². The first-order valence-corrected chi connectivity index (χ1v) is 10.5. The first-order valence-electron chi connectivity index (χ1n) is 9.65. The molecule has 0 aliphatic heterocycles. The number of nitrogens with zero attached hydrogens (tertiary/aromatic N) is 2. The van der Waals surface area contributed by atoms with Crippen LogP contribution in [0.3, 0.4) is 0 Å². The van der Waals surface area contributed by atoms with Gasteiger partial charge in [-0.3, -0.25) is 4.79 Å². The summed E-state index contributed by atoms with van der Waals surface area (Å²) in [6.07, 6.45) is 6.27. The van der Waals surface area contributed by atoms with Gasteiger partial charge in [0.25, 0.3) is 5.91 Å². The Balaban J connectivity index is 1.64. The Morgan fingerprint density at radius 1 is 1.19 bits per heavy atom. The first kappa shape index (κ1) is 18.0. The minimum Gasteiger partial charge on any atom is -0.357 e. The normalized spacial score (nSPS) is 15.0. The SMILES string of the molecule is CN(c1cc(C(=O)NCc2cccs2)c2ccccc2n1)C1CCCCC1. The lowest BCUT2D eigenvalue weighted by molar-refractivity contribution is 0.0953. The van der Waals surface area contributed by atoms with E-state index in [2.05, 4.69) is 17.3 Å². The molecule has 4 nitrogen and oxygen atoms in total. The van der Waals surface area contributed by atoms with Crippen molar-refractivity contribution in [2.75, 3.05) is 11.9 Å². The minimum absolute atomic E-state index is 0.0414. The number of pyridine rings is 1. The van der Waals surface area contributed by atoms with Crippen molar-refractivity contribution in [3.8, 4) is 0 Å². The van der Waals surface area contributed by atoms with E-state index in [0.717, 1.165) is 21.6 Å². The summed E-state index contributed by atoms with van der Waals surface area (Å²) in [4.78, 5) is 21.2. The molecule has 1 aliphatic rings. The molecule has 0 unspecified atom stereocenters. The van der Waals surface area contributed by atoms with Crippen LogP contribution in [0.1, 0.15) is 47.3 Å². The van der Waals surface area contributed by atoms with Crippen molar-refractivity contribution >= 4 is 34.0 Å². The lowest BCUT2D eigenvalue weighted by atomic mass is 9.94. The lowest BCUT2D eigenvalue weighted by Gasteiger charge is -2.32. The maximum absolute atomic E-state index is 13.0. The van der Waals surface area contributed by atoms with Crippen LogP contribution in [-0.2, 0) is 6.54 Å². The number of nitrogens with one attached hydrogen (secondary N) is 1. The Kier molecular flexibility index (Phi) is 5.39. The topological polar surface area (TPSA) is 45.2 Å². The molecule has 0 radical (unpaired) electrons. The maximum Gasteiger partial charge on any atom is 0.252 e. The van der Waals surface area contributed by atoms with E-state index in [-0.39, 0.29) is 5.91 Å². The Morgan fingerprint density at radius 2 is 2.00 bits per heavy atom. The Hall–Kier alpha value is -2.40. The largest absolute Gasteiger partial charge is 0.357 e. The third-order valence-corrected chi connectivity index (χ3v) is 6.31. The number of benzene rings is 1. The van der Waals surface area contributed by atoms with E-state index in [1.165, 1.54) is 32.1 Å². The van der Waals surface area contributed by atoms with Crippen LogP contribution < -0.4 is 10.2 Å². The summed E-state index contributed by atoms with van der Waals surface area (Å²) in [7, 11) is 2.11. The van der Waals surface area contributed by atoms with Crippen LogP contribution in [0.2, 0.25) is 0 Å². The summed E-state index contributed by atoms with van der Waals surface area (Å²) in [5.74, 6) is 0.849. The average Bonchev–Trinajstić information content (AvgIpc) is 3.25. The van der Waals surface area contributed by atoms with Gasteiger partial charge < -0.3 is 10.2 Å². The van der Waals surface area contributed by atoms with Gasteiger partial charge >= 0.3 is 0 Å². The van der Waals surface area contributed by atoms with Gasteiger partial charge in [-0.25, -0.2) is 4.98 Å². The number of anilines is 1. The second kappa shape index (κ2) is 8.09. The predicted octanol–water partition coefficient (Wildman–Crippen LogP) is 5.00. The third-order valence-electron chi connectivity index (χ3n) is 5.43. The van der Waals surface area contributed by atoms with Crippen LogP contribution >= 0.6 is 11.3 Å². The number of hydrogen-bond donors (Lipinski definition) is 1. The van der Waals surface area contributed by atoms with Crippen LogP contribution in [0, 0.1) is 0 Å². The number of carbonyl (C=O) groups is 1. The number of hydrogen-bond acceptors (Lipinski definition) is 4. The molecule has 1 amide bonds. The van der Waals surface area contributed by atoms with Crippen LogP contribution in [0.15, 0.2) is 47.8 Å². The standard InChI is InChI=1S/C22H25N3OS/c1-25(16-8-3-2-4-9-16)21-14-19(18-11-5-6-12-20(18)24-21)22(26)23-15-17-10-7-13-27-17/h5-7,10-14,16H,2-4,8-9,15H2,1H3,(H,23,26). The highest BCUT2D eigenvalue weighted by molar-refractivity contribution is 7.09. The molecule has 0 spiro atoms. The zero-order valence-electron chi connectivity index (χ0n) is 15.6. The van der Waals surface area contributed by atoms with Crippen molar-refractivity contribution in [2.24, 2.45) is 0 Å². The molecule has 0 saturated heterocycles. The van der Waals surface area contributed by atoms with Crippen molar-refractivity contribution < 1.29 is 4.79 Å². The summed E-state index contributed by atoms with van der Waals surface area (Å²) >= 11 is 1.66. The van der Waals surface area contributed by atoms with Gasteiger partial charge in [0.1, 0.15) is 5.82 Å². The molecule has 27 heavy (non-hydrogen) atoms. The summed E-state index contributed by atoms with van der Waals surface area (Å²) < 4.78 is 0. The first-order chi connectivity index (χ1) is 13.2. The fraction of sp³-hybridized carbons (Fsp3) is 0.364. The van der Waals surface area contributed by atoms with Crippen molar-refractivity contribution in [3.63, 3.8) is 0 Å². The number of carbonyl (C=O) groups excluding carboxylic acids is 1. The van der Waals surface area contributed by atoms with Gasteiger partial charge in [-0.15, -0.1) is 11.3 Å². The van der Waals surface area contributed by atoms with E-state index in [0.29, 0.717) is 18.2 Å². The van der Waals surface area contributed by atoms with E-state index < -0.39 is 0 Å². The molecule has 4 rings (SSSR count). The summed E-state index contributed by atoms with van der Waals surface area (Å²) in [5.41, 5.74) is 1.58. The second-order valence-corrected chi connectivity index (χ2v) is 8.24. The van der Waals surface area contributed by atoms with E-state index >= 15 is 0 Å².